The summed E-state index contributed by atoms with van der Waals surface area (Å²) in [4.78, 5) is 18.8. The van der Waals surface area contributed by atoms with E-state index in [1.54, 1.807) is 24.5 Å². The molecule has 132 valence electrons. The lowest BCUT2D eigenvalue weighted by molar-refractivity contribution is -0.134. The molecule has 0 bridgehead atoms. The Bertz CT molecular complexity index is 724. The summed E-state index contributed by atoms with van der Waals surface area (Å²) in [7, 11) is 1.44. The molecule has 0 saturated carbocycles. The molecule has 1 aliphatic rings. The molecule has 1 aliphatic heterocycles. The molecule has 5 nitrogen and oxygen atoms in total. The summed E-state index contributed by atoms with van der Waals surface area (Å²) in [6.45, 7) is 2.16. The number of aryl methyl sites for hydroxylation is 1. The van der Waals surface area contributed by atoms with Crippen LogP contribution in [0.1, 0.15) is 23.6 Å². The van der Waals surface area contributed by atoms with Crippen molar-refractivity contribution >= 4 is 5.91 Å². The number of pyridine rings is 1. The van der Waals surface area contributed by atoms with Crippen LogP contribution in [-0.4, -0.2) is 42.5 Å². The number of carbonyl (C=O) groups is 1. The Labute approximate surface area is 146 Å². The average Bonchev–Trinajstić information content (AvgIpc) is 2.67. The number of ether oxygens (including phenoxy) is 1. The van der Waals surface area contributed by atoms with Crippen LogP contribution in [0, 0.1) is 5.82 Å². The smallest absolute Gasteiger partial charge is 0.223 e. The van der Waals surface area contributed by atoms with E-state index < -0.39 is 5.82 Å². The SMILES string of the molecule is COc1ccc(CCC(=O)N2CCNCC2c2cccnc2)cc1F. The minimum Gasteiger partial charge on any atom is -0.494 e. The van der Waals surface area contributed by atoms with Gasteiger partial charge in [0, 0.05) is 38.4 Å². The summed E-state index contributed by atoms with van der Waals surface area (Å²) in [6.07, 6.45) is 4.38. The van der Waals surface area contributed by atoms with Crippen LogP contribution in [0.5, 0.6) is 5.75 Å². The Balaban J connectivity index is 1.66. The van der Waals surface area contributed by atoms with E-state index in [1.165, 1.54) is 13.2 Å². The van der Waals surface area contributed by atoms with Crippen LogP contribution in [0.4, 0.5) is 4.39 Å². The molecule has 2 heterocycles. The number of hydrogen-bond acceptors (Lipinski definition) is 4. The van der Waals surface area contributed by atoms with Gasteiger partial charge in [0.2, 0.25) is 5.91 Å². The van der Waals surface area contributed by atoms with Gasteiger partial charge in [0.05, 0.1) is 13.2 Å². The van der Waals surface area contributed by atoms with Crippen molar-refractivity contribution < 1.29 is 13.9 Å². The number of amides is 1. The molecule has 0 radical (unpaired) electrons. The second-order valence-corrected chi connectivity index (χ2v) is 6.06. The Morgan fingerprint density at radius 2 is 2.32 bits per heavy atom. The van der Waals surface area contributed by atoms with Crippen LogP contribution < -0.4 is 10.1 Å². The third kappa shape index (κ3) is 4.14. The number of piperazine rings is 1. The normalized spacial score (nSPS) is 17.4. The van der Waals surface area contributed by atoms with E-state index in [0.717, 1.165) is 17.7 Å². The van der Waals surface area contributed by atoms with E-state index in [-0.39, 0.29) is 17.7 Å². The van der Waals surface area contributed by atoms with Gasteiger partial charge >= 0.3 is 0 Å². The number of benzene rings is 1. The van der Waals surface area contributed by atoms with Gasteiger partial charge in [-0.25, -0.2) is 4.39 Å². The first-order chi connectivity index (χ1) is 12.2. The van der Waals surface area contributed by atoms with Gasteiger partial charge in [-0.05, 0) is 35.7 Å². The van der Waals surface area contributed by atoms with Crippen LogP contribution in [0.15, 0.2) is 42.7 Å². The minimum absolute atomic E-state index is 0.0115. The molecule has 1 unspecified atom stereocenters. The lowest BCUT2D eigenvalue weighted by Gasteiger charge is -2.36. The van der Waals surface area contributed by atoms with E-state index in [1.807, 2.05) is 17.0 Å². The number of carbonyl (C=O) groups excluding carboxylic acids is 1. The van der Waals surface area contributed by atoms with Crippen LogP contribution in [0.2, 0.25) is 0 Å². The maximum atomic E-state index is 13.8. The Morgan fingerprint density at radius 3 is 3.04 bits per heavy atom. The number of rotatable bonds is 5. The molecule has 1 N–H and O–H groups in total. The largest absolute Gasteiger partial charge is 0.494 e. The van der Waals surface area contributed by atoms with Crippen molar-refractivity contribution in [1.29, 1.82) is 0 Å². The first-order valence-corrected chi connectivity index (χ1v) is 8.41. The summed E-state index contributed by atoms with van der Waals surface area (Å²) in [5.41, 5.74) is 1.82. The van der Waals surface area contributed by atoms with Crippen molar-refractivity contribution in [2.75, 3.05) is 26.7 Å². The van der Waals surface area contributed by atoms with Gasteiger partial charge in [-0.15, -0.1) is 0 Å². The Kier molecular flexibility index (Phi) is 5.60. The Hall–Kier alpha value is -2.47. The quantitative estimate of drug-likeness (QED) is 0.905. The molecule has 1 fully saturated rings. The van der Waals surface area contributed by atoms with E-state index in [2.05, 4.69) is 10.3 Å². The van der Waals surface area contributed by atoms with Crippen molar-refractivity contribution in [3.63, 3.8) is 0 Å². The molecule has 25 heavy (non-hydrogen) atoms. The van der Waals surface area contributed by atoms with E-state index in [0.29, 0.717) is 25.9 Å². The van der Waals surface area contributed by atoms with Gasteiger partial charge in [0.15, 0.2) is 11.6 Å². The third-order valence-corrected chi connectivity index (χ3v) is 4.48. The fourth-order valence-electron chi connectivity index (χ4n) is 3.13. The minimum atomic E-state index is -0.400. The van der Waals surface area contributed by atoms with Crippen molar-refractivity contribution in [2.24, 2.45) is 0 Å². The first kappa shape index (κ1) is 17.4. The van der Waals surface area contributed by atoms with Gasteiger partial charge in [-0.2, -0.15) is 0 Å². The van der Waals surface area contributed by atoms with E-state index in [9.17, 15) is 9.18 Å². The standard InChI is InChI=1S/C19H22FN3O2/c1-25-18-6-4-14(11-16(18)20)5-7-19(24)23-10-9-22-13-17(23)15-3-2-8-21-12-15/h2-4,6,8,11-12,17,22H,5,7,9-10,13H2,1H3. The van der Waals surface area contributed by atoms with Crippen LogP contribution in [0.25, 0.3) is 0 Å². The van der Waals surface area contributed by atoms with Gasteiger partial charge in [0.25, 0.3) is 0 Å². The monoisotopic (exact) mass is 343 g/mol. The predicted octanol–water partition coefficient (Wildman–Crippen LogP) is 2.33. The molecule has 1 saturated heterocycles. The topological polar surface area (TPSA) is 54.5 Å². The molecule has 2 aromatic rings. The highest BCUT2D eigenvalue weighted by atomic mass is 19.1. The van der Waals surface area contributed by atoms with Crippen LogP contribution in [0.3, 0.4) is 0 Å². The highest BCUT2D eigenvalue weighted by Gasteiger charge is 2.27. The van der Waals surface area contributed by atoms with Gasteiger partial charge in [-0.1, -0.05) is 12.1 Å². The average molecular weight is 343 g/mol. The third-order valence-electron chi connectivity index (χ3n) is 4.48. The number of methoxy groups -OCH3 is 1. The molecular weight excluding hydrogens is 321 g/mol. The number of nitrogens with zero attached hydrogens (tertiary/aromatic N) is 2. The number of halogens is 1. The van der Waals surface area contributed by atoms with Crippen molar-refractivity contribution in [3.8, 4) is 5.75 Å². The zero-order valence-corrected chi connectivity index (χ0v) is 14.2. The summed E-state index contributed by atoms with van der Waals surface area (Å²) < 4.78 is 18.7. The fourth-order valence-corrected chi connectivity index (χ4v) is 3.13. The second kappa shape index (κ2) is 8.07. The molecule has 0 aliphatic carbocycles. The molecule has 1 aromatic heterocycles. The number of hydrogen-bond donors (Lipinski definition) is 1. The highest BCUT2D eigenvalue weighted by molar-refractivity contribution is 5.77. The van der Waals surface area contributed by atoms with Crippen molar-refractivity contribution in [2.45, 2.75) is 18.9 Å². The molecular formula is C19H22FN3O2. The zero-order chi connectivity index (χ0) is 17.6. The molecule has 1 amide bonds. The zero-order valence-electron chi connectivity index (χ0n) is 14.2. The van der Waals surface area contributed by atoms with Gasteiger partial charge in [0.1, 0.15) is 0 Å². The summed E-state index contributed by atoms with van der Waals surface area (Å²) in [5.74, 6) is -0.108. The number of nitrogens with one attached hydrogen (secondary N) is 1. The van der Waals surface area contributed by atoms with Gasteiger partial charge < -0.3 is 15.0 Å². The fraction of sp³-hybridized carbons (Fsp3) is 0.368. The maximum absolute atomic E-state index is 13.8. The molecule has 6 heteroatoms. The lowest BCUT2D eigenvalue weighted by Crippen LogP contribution is -2.48. The Morgan fingerprint density at radius 1 is 1.44 bits per heavy atom. The molecule has 0 spiro atoms. The van der Waals surface area contributed by atoms with Crippen LogP contribution in [-0.2, 0) is 11.2 Å². The highest BCUT2D eigenvalue weighted by Crippen LogP contribution is 2.23. The lowest BCUT2D eigenvalue weighted by atomic mass is 10.0. The van der Waals surface area contributed by atoms with Crippen molar-refractivity contribution in [3.05, 3.63) is 59.7 Å². The van der Waals surface area contributed by atoms with E-state index in [4.69, 9.17) is 4.74 Å². The van der Waals surface area contributed by atoms with E-state index >= 15 is 0 Å². The molecule has 3 rings (SSSR count). The van der Waals surface area contributed by atoms with Gasteiger partial charge in [-0.3, -0.25) is 9.78 Å². The number of aromatic nitrogens is 1. The summed E-state index contributed by atoms with van der Waals surface area (Å²) in [6, 6.07) is 8.69. The molecule has 1 atom stereocenters. The maximum Gasteiger partial charge on any atom is 0.223 e. The summed E-state index contributed by atoms with van der Waals surface area (Å²) in [5, 5.41) is 3.33. The van der Waals surface area contributed by atoms with Crippen molar-refractivity contribution in [1.82, 2.24) is 15.2 Å². The van der Waals surface area contributed by atoms with Crippen LogP contribution >= 0.6 is 0 Å². The second-order valence-electron chi connectivity index (χ2n) is 6.06. The first-order valence-electron chi connectivity index (χ1n) is 8.41. The predicted molar refractivity (Wildman–Crippen MR) is 92.8 cm³/mol. The molecule has 1 aromatic carbocycles. The summed E-state index contributed by atoms with van der Waals surface area (Å²) >= 11 is 0.